The number of pyridine rings is 1. The van der Waals surface area contributed by atoms with Crippen LogP contribution in [0.15, 0.2) is 77.7 Å². The van der Waals surface area contributed by atoms with Gasteiger partial charge in [-0.15, -0.1) is 0 Å². The summed E-state index contributed by atoms with van der Waals surface area (Å²) in [5.41, 5.74) is -1.41. The highest BCUT2D eigenvalue weighted by atomic mass is 32.2. The van der Waals surface area contributed by atoms with Crippen LogP contribution in [0.4, 0.5) is 26.3 Å². The van der Waals surface area contributed by atoms with Gasteiger partial charge in [0.25, 0.3) is 5.91 Å². The second-order valence-electron chi connectivity index (χ2n) is 13.7. The van der Waals surface area contributed by atoms with Crippen molar-refractivity contribution < 1.29 is 44.3 Å². The van der Waals surface area contributed by atoms with Crippen LogP contribution in [0.25, 0.3) is 22.2 Å². The molecule has 0 bridgehead atoms. The number of nitrogens with one attached hydrogen (secondary N) is 1. The van der Waals surface area contributed by atoms with Crippen LogP contribution in [-0.4, -0.2) is 87.0 Å². The van der Waals surface area contributed by atoms with Crippen molar-refractivity contribution in [2.24, 2.45) is 0 Å². The molecule has 1 amide bonds. The Balaban J connectivity index is 1.49. The minimum atomic E-state index is -4.93. The molecule has 0 spiro atoms. The van der Waals surface area contributed by atoms with Crippen LogP contribution >= 0.6 is 0 Å². The molecule has 0 aliphatic carbocycles. The van der Waals surface area contributed by atoms with E-state index < -0.39 is 39.7 Å². The first-order chi connectivity index (χ1) is 25.0. The number of methoxy groups -OCH3 is 1. The van der Waals surface area contributed by atoms with E-state index in [1.165, 1.54) is 60.7 Å². The lowest BCUT2D eigenvalue weighted by Crippen LogP contribution is -2.49. The maximum absolute atomic E-state index is 14.6. The molecule has 8 nitrogen and oxygen atoms in total. The predicted octanol–water partition coefficient (Wildman–Crippen LogP) is 7.43. The molecule has 3 aromatic carbocycles. The summed E-state index contributed by atoms with van der Waals surface area (Å²) in [6.07, 6.45) is -5.11. The number of likely N-dealkylation sites (tertiary alicyclic amines) is 2. The first-order valence-corrected chi connectivity index (χ1v) is 19.2. The lowest BCUT2D eigenvalue weighted by atomic mass is 9.93. The number of fused-ring (bicyclic) bond motifs is 1. The van der Waals surface area contributed by atoms with Crippen LogP contribution in [0, 0.1) is 0 Å². The molecule has 15 heteroatoms. The Morgan fingerprint density at radius 3 is 2.30 bits per heavy atom. The summed E-state index contributed by atoms with van der Waals surface area (Å²) in [4.78, 5) is 23.3. The summed E-state index contributed by atoms with van der Waals surface area (Å²) >= 11 is 0. The molecular weight excluding hydrogens is 722 g/mol. The second kappa shape index (κ2) is 15.4. The second-order valence-corrected chi connectivity index (χ2v) is 15.7. The summed E-state index contributed by atoms with van der Waals surface area (Å²) < 4.78 is 117. The van der Waals surface area contributed by atoms with Crippen LogP contribution in [0.3, 0.4) is 0 Å². The molecule has 2 aliphatic heterocycles. The lowest BCUT2D eigenvalue weighted by molar-refractivity contribution is -0.155. The molecule has 1 unspecified atom stereocenters. The Kier molecular flexibility index (Phi) is 11.2. The summed E-state index contributed by atoms with van der Waals surface area (Å²) in [6.45, 7) is 2.73. The van der Waals surface area contributed by atoms with E-state index in [1.54, 1.807) is 7.11 Å². The normalized spacial score (nSPS) is 19.0. The minimum absolute atomic E-state index is 0.00204. The van der Waals surface area contributed by atoms with Gasteiger partial charge in [-0.05, 0) is 81.2 Å². The molecule has 0 saturated carbocycles. The Morgan fingerprint density at radius 1 is 0.943 bits per heavy atom. The zero-order valence-electron chi connectivity index (χ0n) is 29.2. The fraction of sp³-hybridized carbons (Fsp3) is 0.421. The number of piperidine rings is 2. The van der Waals surface area contributed by atoms with E-state index in [0.29, 0.717) is 13.1 Å². The maximum Gasteiger partial charge on any atom is 0.416 e. The number of benzene rings is 3. The number of amides is 1. The SMILES string of the molecule is COC1CCCN(C2CCN(Cc3c(-c4cccc(C(F)(F)F)c4)nc4ccc(S(C)(=O)=O)cc4c3C(=O)N[C@H](c3ccccc3)C(F)(F)F)CC2)C1. The van der Waals surface area contributed by atoms with Gasteiger partial charge in [0.1, 0.15) is 0 Å². The fourth-order valence-corrected chi connectivity index (χ4v) is 8.01. The molecule has 0 radical (unpaired) electrons. The standard InChI is InChI=1S/C38H40F6N4O4S/c1-52-28-12-7-17-48(22-28)27-15-18-47(19-16-27)23-31-33(36(49)46-35(38(42,43)44)24-8-4-3-5-9-24)30-21-29(53(2,50)51)13-14-32(30)45-34(31)25-10-6-11-26(20-25)37(39,40)41/h3-6,8-11,13-14,20-21,27-28,35H,7,12,15-19,22-23H2,1-2H3,(H,46,49)/t28?,35-/m1/s1. The van der Waals surface area contributed by atoms with Crippen LogP contribution < -0.4 is 5.32 Å². The number of alkyl halides is 6. The van der Waals surface area contributed by atoms with Gasteiger partial charge in [0, 0.05) is 49.0 Å². The van der Waals surface area contributed by atoms with E-state index in [2.05, 4.69) is 15.2 Å². The first-order valence-electron chi connectivity index (χ1n) is 17.3. The summed E-state index contributed by atoms with van der Waals surface area (Å²) in [7, 11) is -2.17. The summed E-state index contributed by atoms with van der Waals surface area (Å²) in [5, 5.41) is 2.09. The highest BCUT2D eigenvalue weighted by molar-refractivity contribution is 7.90. The summed E-state index contributed by atoms with van der Waals surface area (Å²) in [6, 6.07) is 12.7. The molecule has 6 rings (SSSR count). The fourth-order valence-electron chi connectivity index (χ4n) is 7.37. The number of carbonyl (C=O) groups excluding carboxylic acids is 1. The third kappa shape index (κ3) is 8.85. The predicted molar refractivity (Wildman–Crippen MR) is 188 cm³/mol. The van der Waals surface area contributed by atoms with Crippen molar-refractivity contribution in [3.63, 3.8) is 0 Å². The molecule has 2 aliphatic rings. The van der Waals surface area contributed by atoms with E-state index in [1.807, 2.05) is 4.90 Å². The zero-order chi connectivity index (χ0) is 38.1. The van der Waals surface area contributed by atoms with Crippen molar-refractivity contribution in [1.82, 2.24) is 20.1 Å². The average Bonchev–Trinajstić information content (AvgIpc) is 3.12. The van der Waals surface area contributed by atoms with Gasteiger partial charge >= 0.3 is 12.4 Å². The molecule has 2 saturated heterocycles. The number of carbonyl (C=O) groups is 1. The van der Waals surface area contributed by atoms with E-state index >= 15 is 0 Å². The number of ether oxygens (including phenoxy) is 1. The molecule has 1 N–H and O–H groups in total. The topological polar surface area (TPSA) is 91.8 Å². The number of sulfone groups is 1. The van der Waals surface area contributed by atoms with E-state index in [0.717, 1.165) is 57.2 Å². The average molecular weight is 763 g/mol. The van der Waals surface area contributed by atoms with Crippen LogP contribution in [0.1, 0.15) is 58.8 Å². The highest BCUT2D eigenvalue weighted by Gasteiger charge is 2.43. The molecule has 2 fully saturated rings. The lowest BCUT2D eigenvalue weighted by Gasteiger charge is -2.42. The Bertz CT molecular complexity index is 2050. The van der Waals surface area contributed by atoms with Gasteiger partial charge in [0.15, 0.2) is 15.9 Å². The van der Waals surface area contributed by atoms with Gasteiger partial charge in [-0.3, -0.25) is 14.6 Å². The molecular formula is C38H40F6N4O4S. The van der Waals surface area contributed by atoms with Crippen molar-refractivity contribution in [3.8, 4) is 11.3 Å². The van der Waals surface area contributed by atoms with Gasteiger partial charge in [0.2, 0.25) is 0 Å². The number of rotatable bonds is 9. The maximum atomic E-state index is 14.6. The van der Waals surface area contributed by atoms with Gasteiger partial charge in [-0.1, -0.05) is 42.5 Å². The third-order valence-corrected chi connectivity index (χ3v) is 11.2. The Hall–Kier alpha value is -4.05. The zero-order valence-corrected chi connectivity index (χ0v) is 30.0. The number of halogens is 6. The smallest absolute Gasteiger partial charge is 0.380 e. The molecule has 284 valence electrons. The third-order valence-electron chi connectivity index (χ3n) is 10.1. The Morgan fingerprint density at radius 2 is 1.66 bits per heavy atom. The van der Waals surface area contributed by atoms with Crippen LogP contribution in [-0.2, 0) is 27.3 Å². The first kappa shape index (κ1) is 38.7. The van der Waals surface area contributed by atoms with Gasteiger partial charge in [0.05, 0.1) is 33.3 Å². The quantitative estimate of drug-likeness (QED) is 0.178. The van der Waals surface area contributed by atoms with Gasteiger partial charge in [-0.25, -0.2) is 13.4 Å². The van der Waals surface area contributed by atoms with Gasteiger partial charge in [-0.2, -0.15) is 26.3 Å². The number of hydrogen-bond donors (Lipinski definition) is 1. The van der Waals surface area contributed by atoms with E-state index in [-0.39, 0.29) is 62.4 Å². The summed E-state index contributed by atoms with van der Waals surface area (Å²) in [5.74, 6) is -1.17. The highest BCUT2D eigenvalue weighted by Crippen LogP contribution is 2.38. The molecule has 3 heterocycles. The molecule has 4 aromatic rings. The number of aromatic nitrogens is 1. The largest absolute Gasteiger partial charge is 0.416 e. The van der Waals surface area contributed by atoms with Crippen molar-refractivity contribution in [2.45, 2.75) is 67.7 Å². The van der Waals surface area contributed by atoms with E-state index in [4.69, 9.17) is 4.74 Å². The van der Waals surface area contributed by atoms with Crippen molar-refractivity contribution in [3.05, 3.63) is 95.1 Å². The number of nitrogens with zero attached hydrogens (tertiary/aromatic N) is 3. The molecule has 2 atom stereocenters. The van der Waals surface area contributed by atoms with Crippen molar-refractivity contribution >= 4 is 26.6 Å². The van der Waals surface area contributed by atoms with Crippen LogP contribution in [0.5, 0.6) is 0 Å². The minimum Gasteiger partial charge on any atom is -0.380 e. The van der Waals surface area contributed by atoms with Crippen molar-refractivity contribution in [1.29, 1.82) is 0 Å². The van der Waals surface area contributed by atoms with Crippen molar-refractivity contribution in [2.75, 3.05) is 39.5 Å². The molecule has 53 heavy (non-hydrogen) atoms. The number of hydrogen-bond acceptors (Lipinski definition) is 7. The van der Waals surface area contributed by atoms with Crippen LogP contribution in [0.2, 0.25) is 0 Å². The molecule has 1 aromatic heterocycles. The monoisotopic (exact) mass is 762 g/mol. The van der Waals surface area contributed by atoms with Gasteiger partial charge < -0.3 is 10.1 Å². The van der Waals surface area contributed by atoms with E-state index in [9.17, 15) is 39.6 Å². The Labute approximate surface area is 304 Å².